The number of hydrogen-bond acceptors (Lipinski definition) is 4. The molecule has 0 aromatic carbocycles. The van der Waals surface area contributed by atoms with Crippen LogP contribution < -0.4 is 0 Å². The van der Waals surface area contributed by atoms with Crippen LogP contribution in [0.4, 0.5) is 0 Å². The van der Waals surface area contributed by atoms with Crippen LogP contribution in [0, 0.1) is 0 Å². The van der Waals surface area contributed by atoms with E-state index in [4.69, 9.17) is 19.6 Å². The Balaban J connectivity index is 2.42. The molecule has 0 radical (unpaired) electrons. The molecule has 17 heavy (non-hydrogen) atoms. The fourth-order valence-corrected chi connectivity index (χ4v) is 2.33. The van der Waals surface area contributed by atoms with Gasteiger partial charge in [-0.15, -0.1) is 0 Å². The van der Waals surface area contributed by atoms with E-state index in [1.807, 2.05) is 6.92 Å². The molecule has 0 saturated carbocycles. The molecular weight excluding hydrogens is 220 g/mol. The maximum atomic E-state index is 9.00. The Kier molecular flexibility index (Phi) is 5.86. The van der Waals surface area contributed by atoms with Gasteiger partial charge < -0.3 is 9.84 Å². The van der Waals surface area contributed by atoms with E-state index in [2.05, 4.69) is 6.92 Å². The van der Waals surface area contributed by atoms with Crippen LogP contribution >= 0.6 is 0 Å². The number of rotatable bonds is 8. The molecule has 1 saturated heterocycles. The van der Waals surface area contributed by atoms with Crippen molar-refractivity contribution in [3.63, 3.8) is 0 Å². The Hall–Kier alpha value is -0.160. The fourth-order valence-electron chi connectivity index (χ4n) is 2.33. The molecule has 2 atom stereocenters. The van der Waals surface area contributed by atoms with Gasteiger partial charge in [-0.2, -0.15) is 0 Å². The summed E-state index contributed by atoms with van der Waals surface area (Å²) in [4.78, 5) is 10.8. The van der Waals surface area contributed by atoms with E-state index in [1.54, 1.807) is 7.11 Å². The summed E-state index contributed by atoms with van der Waals surface area (Å²) in [5.74, 6) is -0.613. The summed E-state index contributed by atoms with van der Waals surface area (Å²) in [6.07, 6.45) is 6.86. The van der Waals surface area contributed by atoms with Gasteiger partial charge in [-0.3, -0.25) is 0 Å². The molecule has 1 rings (SSSR count). The van der Waals surface area contributed by atoms with Crippen molar-refractivity contribution in [1.29, 1.82) is 0 Å². The van der Waals surface area contributed by atoms with Gasteiger partial charge >= 0.3 is 0 Å². The molecule has 4 nitrogen and oxygen atoms in total. The van der Waals surface area contributed by atoms with Crippen LogP contribution in [0.5, 0.6) is 0 Å². The zero-order valence-electron chi connectivity index (χ0n) is 11.3. The highest BCUT2D eigenvalue weighted by atomic mass is 17.2. The first-order valence-electron chi connectivity index (χ1n) is 6.62. The standard InChI is InChI=1S/C13H26O4/c1-4-5-6-7-8-13(15-3)11-12(2,9-10-14)16-17-13/h14H,4-11H2,1-3H3. The topological polar surface area (TPSA) is 47.9 Å². The second-order valence-corrected chi connectivity index (χ2v) is 5.19. The molecule has 1 fully saturated rings. The number of aliphatic hydroxyl groups excluding tert-OH is 1. The number of methoxy groups -OCH3 is 1. The molecule has 2 unspecified atom stereocenters. The average molecular weight is 246 g/mol. The lowest BCUT2D eigenvalue weighted by molar-refractivity contribution is -0.398. The van der Waals surface area contributed by atoms with Gasteiger partial charge in [0.05, 0.1) is 0 Å². The van der Waals surface area contributed by atoms with Crippen molar-refractivity contribution in [1.82, 2.24) is 0 Å². The smallest absolute Gasteiger partial charge is 0.204 e. The van der Waals surface area contributed by atoms with E-state index in [0.717, 1.165) is 12.8 Å². The van der Waals surface area contributed by atoms with E-state index < -0.39 is 11.4 Å². The molecule has 0 aromatic rings. The van der Waals surface area contributed by atoms with Gasteiger partial charge in [0.15, 0.2) is 0 Å². The Morgan fingerprint density at radius 2 is 1.94 bits per heavy atom. The highest BCUT2D eigenvalue weighted by Gasteiger charge is 2.49. The van der Waals surface area contributed by atoms with E-state index in [1.165, 1.54) is 19.3 Å². The Morgan fingerprint density at radius 3 is 2.53 bits per heavy atom. The van der Waals surface area contributed by atoms with Gasteiger partial charge in [0.1, 0.15) is 5.60 Å². The summed E-state index contributed by atoms with van der Waals surface area (Å²) < 4.78 is 5.49. The van der Waals surface area contributed by atoms with Gasteiger partial charge in [0.2, 0.25) is 5.79 Å². The quantitative estimate of drug-likeness (QED) is 0.528. The van der Waals surface area contributed by atoms with Gasteiger partial charge in [0.25, 0.3) is 0 Å². The van der Waals surface area contributed by atoms with Gasteiger partial charge in [-0.25, -0.2) is 9.78 Å². The fraction of sp³-hybridized carbons (Fsp3) is 1.00. The Bertz CT molecular complexity index is 221. The molecular formula is C13H26O4. The van der Waals surface area contributed by atoms with Crippen molar-refractivity contribution in [2.75, 3.05) is 13.7 Å². The molecule has 102 valence electrons. The van der Waals surface area contributed by atoms with Crippen LogP contribution in [-0.4, -0.2) is 30.2 Å². The van der Waals surface area contributed by atoms with Crippen LogP contribution in [0.2, 0.25) is 0 Å². The minimum Gasteiger partial charge on any atom is -0.396 e. The summed E-state index contributed by atoms with van der Waals surface area (Å²) in [7, 11) is 1.66. The van der Waals surface area contributed by atoms with E-state index >= 15 is 0 Å². The third-order valence-corrected chi connectivity index (χ3v) is 3.46. The van der Waals surface area contributed by atoms with Crippen molar-refractivity contribution in [2.24, 2.45) is 0 Å². The predicted octanol–water partition coefficient (Wildman–Crippen LogP) is 2.79. The van der Waals surface area contributed by atoms with Crippen LogP contribution in [0.25, 0.3) is 0 Å². The minimum absolute atomic E-state index is 0.107. The number of unbranched alkanes of at least 4 members (excludes halogenated alkanes) is 3. The first kappa shape index (κ1) is 14.9. The van der Waals surface area contributed by atoms with E-state index in [0.29, 0.717) is 12.8 Å². The van der Waals surface area contributed by atoms with Crippen LogP contribution in [0.1, 0.15) is 58.8 Å². The first-order chi connectivity index (χ1) is 8.10. The van der Waals surface area contributed by atoms with Crippen LogP contribution in [0.15, 0.2) is 0 Å². The number of ether oxygens (including phenoxy) is 1. The summed E-state index contributed by atoms with van der Waals surface area (Å²) in [5.41, 5.74) is -0.421. The molecule has 1 heterocycles. The number of aliphatic hydroxyl groups is 1. The first-order valence-corrected chi connectivity index (χ1v) is 6.62. The summed E-state index contributed by atoms with van der Waals surface area (Å²) in [6, 6.07) is 0. The average Bonchev–Trinajstić information content (AvgIpc) is 2.64. The van der Waals surface area contributed by atoms with Crippen molar-refractivity contribution in [3.8, 4) is 0 Å². The van der Waals surface area contributed by atoms with Crippen LogP contribution in [0.3, 0.4) is 0 Å². The van der Waals surface area contributed by atoms with Gasteiger partial charge in [-0.05, 0) is 13.3 Å². The highest BCUT2D eigenvalue weighted by molar-refractivity contribution is 4.87. The lowest BCUT2D eigenvalue weighted by Crippen LogP contribution is -2.33. The maximum Gasteiger partial charge on any atom is 0.204 e. The molecule has 1 N–H and O–H groups in total. The molecule has 1 aliphatic heterocycles. The second kappa shape index (κ2) is 6.69. The number of hydrogen-bond donors (Lipinski definition) is 1. The SMILES string of the molecule is CCCCCCC1(OC)CC(C)(CCO)OO1. The lowest BCUT2D eigenvalue weighted by Gasteiger charge is -2.25. The van der Waals surface area contributed by atoms with Gasteiger partial charge in [0, 0.05) is 33.0 Å². The predicted molar refractivity (Wildman–Crippen MR) is 65.4 cm³/mol. The largest absolute Gasteiger partial charge is 0.396 e. The minimum atomic E-state index is -0.613. The summed E-state index contributed by atoms with van der Waals surface area (Å²) in [6.45, 7) is 4.26. The third kappa shape index (κ3) is 4.21. The van der Waals surface area contributed by atoms with Crippen molar-refractivity contribution in [3.05, 3.63) is 0 Å². The van der Waals surface area contributed by atoms with Gasteiger partial charge in [-0.1, -0.05) is 26.2 Å². The maximum absolute atomic E-state index is 9.00. The zero-order valence-corrected chi connectivity index (χ0v) is 11.3. The van der Waals surface area contributed by atoms with E-state index in [-0.39, 0.29) is 6.61 Å². The molecule has 0 bridgehead atoms. The van der Waals surface area contributed by atoms with Crippen molar-refractivity contribution >= 4 is 0 Å². The molecule has 0 aliphatic carbocycles. The van der Waals surface area contributed by atoms with Crippen LogP contribution in [-0.2, 0) is 14.5 Å². The normalized spacial score (nSPS) is 33.2. The second-order valence-electron chi connectivity index (χ2n) is 5.19. The molecule has 4 heteroatoms. The molecule has 0 aromatic heterocycles. The molecule has 0 amide bonds. The lowest BCUT2D eigenvalue weighted by atomic mass is 9.91. The zero-order chi connectivity index (χ0) is 12.8. The summed E-state index contributed by atoms with van der Waals surface area (Å²) in [5, 5.41) is 9.00. The van der Waals surface area contributed by atoms with Crippen molar-refractivity contribution in [2.45, 2.75) is 70.2 Å². The Morgan fingerprint density at radius 1 is 1.18 bits per heavy atom. The van der Waals surface area contributed by atoms with E-state index in [9.17, 15) is 0 Å². The van der Waals surface area contributed by atoms with Crippen molar-refractivity contribution < 1.29 is 19.6 Å². The molecule has 1 aliphatic rings. The molecule has 0 spiro atoms. The highest BCUT2D eigenvalue weighted by Crippen LogP contribution is 2.41. The monoisotopic (exact) mass is 246 g/mol. The summed E-state index contributed by atoms with van der Waals surface area (Å²) >= 11 is 0. The Labute approximate surface area is 104 Å². The third-order valence-electron chi connectivity index (χ3n) is 3.46.